The Bertz CT molecular complexity index is 1130. The molecule has 2 saturated heterocycles. The van der Waals surface area contributed by atoms with Gasteiger partial charge in [0.05, 0.1) is 19.6 Å². The molecule has 360 valence electrons. The summed E-state index contributed by atoms with van der Waals surface area (Å²) in [5, 5.41) is 85.5. The third kappa shape index (κ3) is 18.9. The Labute approximate surface area is 365 Å². The van der Waals surface area contributed by atoms with E-state index in [9.17, 15) is 50.4 Å². The molecule has 0 aromatic rings. The summed E-state index contributed by atoms with van der Waals surface area (Å²) >= 11 is 0. The van der Waals surface area contributed by atoms with Gasteiger partial charge in [0, 0.05) is 0 Å². The fraction of sp³-hybridized carbons (Fsp3) is 0.957. The van der Waals surface area contributed by atoms with E-state index in [0.717, 1.165) is 51.4 Å². The lowest BCUT2D eigenvalue weighted by molar-refractivity contribution is -0.446. The average Bonchev–Trinajstić information content (AvgIpc) is 3.50. The first-order valence-corrected chi connectivity index (χ1v) is 24.2. The molecule has 15 heteroatoms. The molecule has 0 spiro atoms. The molecule has 0 amide bonds. The standard InChI is InChI=1S/C46H86O15/c1-3-5-7-9-11-13-15-17-19-20-22-24-26-28-30-35(44(56)60-59-38(50)31-29-27-25-23-21-18-16-14-12-10-8-6-4-2)46(43(55)41(53)39(51)36(32-47)58-46)61-45(34-49)42(54)40(52)37(33-48)57-45/h35-37,39-43,47-49,51-55H,3-34H2,1-2H3/t35?,36-,37-,39-,40-,41+,42+,43-,45?,46+/m1/s1. The molecule has 0 aliphatic carbocycles. The molecule has 61 heavy (non-hydrogen) atoms. The first-order chi connectivity index (χ1) is 29.5. The fourth-order valence-electron chi connectivity index (χ4n) is 8.63. The second-order valence-corrected chi connectivity index (χ2v) is 17.6. The number of carbonyl (C=O) groups excluding carboxylic acids is 2. The lowest BCUT2D eigenvalue weighted by Gasteiger charge is -2.53. The van der Waals surface area contributed by atoms with Crippen LogP contribution >= 0.6 is 0 Å². The van der Waals surface area contributed by atoms with Gasteiger partial charge in [-0.2, -0.15) is 0 Å². The van der Waals surface area contributed by atoms with Gasteiger partial charge in [-0.05, 0) is 12.8 Å². The van der Waals surface area contributed by atoms with Crippen LogP contribution in [0.15, 0.2) is 0 Å². The van der Waals surface area contributed by atoms with Gasteiger partial charge in [0.1, 0.15) is 55.3 Å². The maximum absolute atomic E-state index is 14.0. The van der Waals surface area contributed by atoms with Crippen molar-refractivity contribution in [2.75, 3.05) is 19.8 Å². The normalized spacial score (nSPS) is 28.3. The number of rotatable bonds is 36. The van der Waals surface area contributed by atoms with E-state index in [0.29, 0.717) is 19.3 Å². The summed E-state index contributed by atoms with van der Waals surface area (Å²) in [6.45, 7) is 1.49. The number of carbonyl (C=O) groups is 2. The molecule has 2 heterocycles. The number of aliphatic hydroxyl groups is 8. The van der Waals surface area contributed by atoms with Gasteiger partial charge in [-0.3, -0.25) is 0 Å². The number of unbranched alkanes of at least 4 members (excludes halogenated alkanes) is 25. The molecular weight excluding hydrogens is 792 g/mol. The molecule has 2 rings (SSSR count). The van der Waals surface area contributed by atoms with Crippen molar-refractivity contribution in [1.29, 1.82) is 0 Å². The largest absolute Gasteiger partial charge is 0.394 e. The molecule has 2 unspecified atom stereocenters. The molecule has 0 aromatic carbocycles. The van der Waals surface area contributed by atoms with Crippen LogP contribution < -0.4 is 0 Å². The molecule has 15 nitrogen and oxygen atoms in total. The summed E-state index contributed by atoms with van der Waals surface area (Å²) in [6.07, 6.45) is 15.9. The van der Waals surface area contributed by atoms with Crippen molar-refractivity contribution >= 4 is 11.9 Å². The van der Waals surface area contributed by atoms with Crippen LogP contribution in [0.5, 0.6) is 0 Å². The number of aliphatic hydroxyl groups excluding tert-OH is 8. The summed E-state index contributed by atoms with van der Waals surface area (Å²) in [5.74, 6) is -9.33. The Kier molecular flexibility index (Phi) is 29.4. The third-order valence-electron chi connectivity index (χ3n) is 12.5. The highest BCUT2D eigenvalue weighted by Gasteiger charge is 2.67. The zero-order valence-corrected chi connectivity index (χ0v) is 37.7. The summed E-state index contributed by atoms with van der Waals surface area (Å²) in [4.78, 5) is 36.8. The average molecular weight is 879 g/mol. The van der Waals surface area contributed by atoms with Gasteiger partial charge in [-0.1, -0.05) is 181 Å². The first kappa shape index (κ1) is 55.6. The van der Waals surface area contributed by atoms with Crippen molar-refractivity contribution in [2.24, 2.45) is 5.92 Å². The molecule has 0 aromatic heterocycles. The van der Waals surface area contributed by atoms with Crippen molar-refractivity contribution in [3.05, 3.63) is 0 Å². The van der Waals surface area contributed by atoms with E-state index < -0.39 is 92.0 Å². The molecule has 2 aliphatic rings. The van der Waals surface area contributed by atoms with Crippen molar-refractivity contribution < 1.29 is 74.4 Å². The Morgan fingerprint density at radius 2 is 0.918 bits per heavy atom. The molecular formula is C46H86O15. The molecule has 2 fully saturated rings. The summed E-state index contributed by atoms with van der Waals surface area (Å²) in [5.41, 5.74) is 0. The second kappa shape index (κ2) is 32.2. The highest BCUT2D eigenvalue weighted by molar-refractivity contribution is 5.75. The minimum Gasteiger partial charge on any atom is -0.394 e. The van der Waals surface area contributed by atoms with Crippen LogP contribution in [0.4, 0.5) is 0 Å². The van der Waals surface area contributed by atoms with Crippen LogP contribution in [0.3, 0.4) is 0 Å². The highest BCUT2D eigenvalue weighted by atomic mass is 17.2. The van der Waals surface area contributed by atoms with Crippen LogP contribution in [0.2, 0.25) is 0 Å². The van der Waals surface area contributed by atoms with Gasteiger partial charge in [0.15, 0.2) is 0 Å². The highest BCUT2D eigenvalue weighted by Crippen LogP contribution is 2.46. The topological polar surface area (TPSA) is 242 Å². The van der Waals surface area contributed by atoms with Gasteiger partial charge in [0.25, 0.3) is 0 Å². The maximum atomic E-state index is 14.0. The van der Waals surface area contributed by atoms with Gasteiger partial charge >= 0.3 is 11.9 Å². The van der Waals surface area contributed by atoms with Crippen LogP contribution in [0.1, 0.15) is 200 Å². The first-order valence-electron chi connectivity index (χ1n) is 24.2. The predicted octanol–water partition coefficient (Wildman–Crippen LogP) is 5.94. The lowest BCUT2D eigenvalue weighted by atomic mass is 9.81. The lowest BCUT2D eigenvalue weighted by Crippen LogP contribution is -2.72. The van der Waals surface area contributed by atoms with E-state index in [4.69, 9.17) is 24.0 Å². The van der Waals surface area contributed by atoms with Gasteiger partial charge < -0.3 is 55.1 Å². The van der Waals surface area contributed by atoms with E-state index in [-0.39, 0.29) is 12.8 Å². The van der Waals surface area contributed by atoms with E-state index in [2.05, 4.69) is 13.8 Å². The molecule has 0 radical (unpaired) electrons. The zero-order valence-electron chi connectivity index (χ0n) is 37.7. The Morgan fingerprint density at radius 1 is 0.508 bits per heavy atom. The summed E-state index contributed by atoms with van der Waals surface area (Å²) < 4.78 is 17.6. The van der Waals surface area contributed by atoms with E-state index in [1.54, 1.807) is 0 Å². The number of hydrogen-bond donors (Lipinski definition) is 8. The Morgan fingerprint density at radius 3 is 1.33 bits per heavy atom. The molecule has 10 atom stereocenters. The molecule has 2 aliphatic heterocycles. The van der Waals surface area contributed by atoms with E-state index >= 15 is 0 Å². The summed E-state index contributed by atoms with van der Waals surface area (Å²) in [6, 6.07) is 0. The van der Waals surface area contributed by atoms with Crippen molar-refractivity contribution in [3.63, 3.8) is 0 Å². The fourth-order valence-corrected chi connectivity index (χ4v) is 8.63. The maximum Gasteiger partial charge on any atom is 0.364 e. The number of hydrogen-bond acceptors (Lipinski definition) is 15. The molecule has 8 N–H and O–H groups in total. The van der Waals surface area contributed by atoms with Crippen LogP contribution in [-0.4, -0.2) is 127 Å². The molecule has 0 saturated carbocycles. The summed E-state index contributed by atoms with van der Waals surface area (Å²) in [7, 11) is 0. The quantitative estimate of drug-likeness (QED) is 0.0206. The van der Waals surface area contributed by atoms with E-state index in [1.165, 1.54) is 103 Å². The van der Waals surface area contributed by atoms with Crippen molar-refractivity contribution in [1.82, 2.24) is 0 Å². The van der Waals surface area contributed by atoms with E-state index in [1.807, 2.05) is 0 Å². The third-order valence-corrected chi connectivity index (χ3v) is 12.5. The second-order valence-electron chi connectivity index (χ2n) is 17.6. The van der Waals surface area contributed by atoms with Crippen molar-refractivity contribution in [3.8, 4) is 0 Å². The number of ether oxygens (including phenoxy) is 3. The minimum absolute atomic E-state index is 0.0268. The SMILES string of the molecule is CCCCCCCCCCCCCCCCC(C(=O)OOC(=O)CCCCCCCCCCCCCCC)[C@@]1(OC2(CO)O[C@H](CO)[C@@H](O)[C@@H]2O)O[C@H](CO)[C@@H](O)[C@H](O)[C@H]1O. The zero-order chi connectivity index (χ0) is 44.9. The van der Waals surface area contributed by atoms with Crippen LogP contribution in [0, 0.1) is 5.92 Å². The Hall–Kier alpha value is -1.50. The van der Waals surface area contributed by atoms with Crippen LogP contribution in [0.25, 0.3) is 0 Å². The smallest absolute Gasteiger partial charge is 0.364 e. The monoisotopic (exact) mass is 879 g/mol. The van der Waals surface area contributed by atoms with Crippen LogP contribution in [-0.2, 0) is 33.6 Å². The minimum atomic E-state index is -2.82. The molecule has 0 bridgehead atoms. The van der Waals surface area contributed by atoms with Gasteiger partial charge in [-0.25, -0.2) is 19.4 Å². The van der Waals surface area contributed by atoms with Gasteiger partial charge in [-0.15, -0.1) is 0 Å². The van der Waals surface area contributed by atoms with Crippen molar-refractivity contribution in [2.45, 2.75) is 254 Å². The predicted molar refractivity (Wildman–Crippen MR) is 228 cm³/mol. The Balaban J connectivity index is 2.09. The van der Waals surface area contributed by atoms with Gasteiger partial charge in [0.2, 0.25) is 11.6 Å².